The molecular weight excluding hydrogens is 350 g/mol. The van der Waals surface area contributed by atoms with E-state index in [9.17, 15) is 9.59 Å². The molecule has 5 heteroatoms. The SMILES string of the molecule is CCOC(=O)c1cn2c(cc1=O)-c1cc(Cl)c(C)cc1CC2C(C)(C)C. The number of pyridine rings is 1. The minimum Gasteiger partial charge on any atom is -0.462 e. The highest BCUT2D eigenvalue weighted by molar-refractivity contribution is 6.31. The topological polar surface area (TPSA) is 48.3 Å². The number of rotatable bonds is 2. The standard InChI is InChI=1S/C21H24ClNO3/c1-6-26-20(25)15-11-23-17(10-18(15)24)14-9-16(22)12(2)7-13(14)8-19(23)21(3,4)5/h7,9-11,19H,6,8H2,1-5H3. The molecule has 0 fully saturated rings. The molecular formula is C21H24ClNO3. The smallest absolute Gasteiger partial charge is 0.343 e. The molecule has 1 aromatic heterocycles. The minimum atomic E-state index is -0.576. The molecule has 1 aliphatic rings. The third-order valence-electron chi connectivity index (χ3n) is 4.98. The summed E-state index contributed by atoms with van der Waals surface area (Å²) in [5, 5.41) is 0.673. The first-order valence-corrected chi connectivity index (χ1v) is 9.24. The number of aromatic nitrogens is 1. The molecule has 4 nitrogen and oxygen atoms in total. The first-order valence-electron chi connectivity index (χ1n) is 8.86. The van der Waals surface area contributed by atoms with Crippen molar-refractivity contribution in [2.75, 3.05) is 6.61 Å². The number of benzene rings is 1. The van der Waals surface area contributed by atoms with E-state index in [0.717, 1.165) is 23.2 Å². The van der Waals surface area contributed by atoms with Crippen LogP contribution in [0.2, 0.25) is 5.02 Å². The van der Waals surface area contributed by atoms with Gasteiger partial charge in [0.25, 0.3) is 0 Å². The Morgan fingerprint density at radius 3 is 2.62 bits per heavy atom. The van der Waals surface area contributed by atoms with Gasteiger partial charge in [-0.1, -0.05) is 38.4 Å². The molecule has 0 radical (unpaired) electrons. The Hall–Kier alpha value is -2.07. The molecule has 2 aromatic rings. The van der Waals surface area contributed by atoms with Gasteiger partial charge in [0.05, 0.1) is 12.3 Å². The van der Waals surface area contributed by atoms with E-state index in [2.05, 4.69) is 26.8 Å². The zero-order valence-corrected chi connectivity index (χ0v) is 16.6. The van der Waals surface area contributed by atoms with Crippen molar-refractivity contribution < 1.29 is 9.53 Å². The molecule has 1 unspecified atom stereocenters. The Bertz CT molecular complexity index is 937. The van der Waals surface area contributed by atoms with Crippen LogP contribution in [0, 0.1) is 12.3 Å². The lowest BCUT2D eigenvalue weighted by atomic mass is 9.78. The summed E-state index contributed by atoms with van der Waals surface area (Å²) in [6.45, 7) is 10.4. The predicted octanol–water partition coefficient (Wildman–Crippen LogP) is 4.80. The van der Waals surface area contributed by atoms with Crippen LogP contribution in [0.1, 0.15) is 55.2 Å². The Kier molecular flexibility index (Phi) is 4.74. The second-order valence-corrected chi connectivity index (χ2v) is 8.32. The number of fused-ring (bicyclic) bond motifs is 3. The number of aryl methyl sites for hydroxylation is 1. The Morgan fingerprint density at radius 2 is 2.00 bits per heavy atom. The summed E-state index contributed by atoms with van der Waals surface area (Å²) in [6, 6.07) is 5.66. The number of ether oxygens (including phenoxy) is 1. The zero-order chi connectivity index (χ0) is 19.2. The van der Waals surface area contributed by atoms with Gasteiger partial charge in [0.15, 0.2) is 5.43 Å². The number of carbonyl (C=O) groups excluding carboxylic acids is 1. The van der Waals surface area contributed by atoms with Crippen LogP contribution in [0.5, 0.6) is 0 Å². The van der Waals surface area contributed by atoms with E-state index in [0.29, 0.717) is 5.02 Å². The second-order valence-electron chi connectivity index (χ2n) is 7.91. The number of hydrogen-bond donors (Lipinski definition) is 0. The fourth-order valence-electron chi connectivity index (χ4n) is 3.56. The zero-order valence-electron chi connectivity index (χ0n) is 15.9. The highest BCUT2D eigenvalue weighted by Crippen LogP contribution is 2.43. The molecule has 0 N–H and O–H groups in total. The van der Waals surface area contributed by atoms with Gasteiger partial charge >= 0.3 is 5.97 Å². The number of carbonyl (C=O) groups is 1. The third kappa shape index (κ3) is 3.18. The van der Waals surface area contributed by atoms with Gasteiger partial charge in [0, 0.05) is 28.9 Å². The molecule has 0 spiro atoms. The monoisotopic (exact) mass is 373 g/mol. The first kappa shape index (κ1) is 18.7. The van der Waals surface area contributed by atoms with Gasteiger partial charge in [-0.25, -0.2) is 4.79 Å². The largest absolute Gasteiger partial charge is 0.462 e. The molecule has 0 saturated carbocycles. The van der Waals surface area contributed by atoms with Gasteiger partial charge in [-0.2, -0.15) is 0 Å². The van der Waals surface area contributed by atoms with E-state index in [1.54, 1.807) is 13.1 Å². The number of hydrogen-bond acceptors (Lipinski definition) is 3. The van der Waals surface area contributed by atoms with Gasteiger partial charge in [-0.3, -0.25) is 4.79 Å². The van der Waals surface area contributed by atoms with E-state index in [1.165, 1.54) is 11.6 Å². The van der Waals surface area contributed by atoms with Crippen molar-refractivity contribution in [2.24, 2.45) is 5.41 Å². The summed E-state index contributed by atoms with van der Waals surface area (Å²) in [6.07, 6.45) is 2.47. The van der Waals surface area contributed by atoms with Crippen molar-refractivity contribution in [3.63, 3.8) is 0 Å². The van der Waals surface area contributed by atoms with Crippen molar-refractivity contribution in [1.29, 1.82) is 0 Å². The van der Waals surface area contributed by atoms with E-state index in [4.69, 9.17) is 16.3 Å². The van der Waals surface area contributed by atoms with Crippen LogP contribution in [0.4, 0.5) is 0 Å². The Labute approximate surface area is 158 Å². The molecule has 138 valence electrons. The lowest BCUT2D eigenvalue weighted by Gasteiger charge is -2.39. The fourth-order valence-corrected chi connectivity index (χ4v) is 3.73. The van der Waals surface area contributed by atoms with Crippen LogP contribution in [0.15, 0.2) is 29.2 Å². The Balaban J connectivity index is 2.28. The van der Waals surface area contributed by atoms with Crippen LogP contribution in [-0.4, -0.2) is 17.1 Å². The van der Waals surface area contributed by atoms with Gasteiger partial charge in [0.1, 0.15) is 5.56 Å². The summed E-state index contributed by atoms with van der Waals surface area (Å²) in [4.78, 5) is 24.8. The maximum Gasteiger partial charge on any atom is 0.343 e. The molecule has 2 heterocycles. The quantitative estimate of drug-likeness (QED) is 0.710. The maximum absolute atomic E-state index is 12.6. The Morgan fingerprint density at radius 1 is 1.31 bits per heavy atom. The van der Waals surface area contributed by atoms with Crippen molar-refractivity contribution in [3.05, 3.63) is 56.3 Å². The summed E-state index contributed by atoms with van der Waals surface area (Å²) in [5.74, 6) is -0.576. The third-order valence-corrected chi connectivity index (χ3v) is 5.39. The molecule has 0 bridgehead atoms. The van der Waals surface area contributed by atoms with Crippen molar-refractivity contribution in [2.45, 2.75) is 47.1 Å². The van der Waals surface area contributed by atoms with E-state index in [1.807, 2.05) is 17.6 Å². The highest BCUT2D eigenvalue weighted by Gasteiger charge is 2.33. The normalized spacial score (nSPS) is 16.0. The summed E-state index contributed by atoms with van der Waals surface area (Å²) < 4.78 is 7.09. The minimum absolute atomic E-state index is 0.0546. The van der Waals surface area contributed by atoms with Crippen molar-refractivity contribution in [3.8, 4) is 11.3 Å². The first-order chi connectivity index (χ1) is 12.1. The van der Waals surface area contributed by atoms with Gasteiger partial charge < -0.3 is 9.30 Å². The average Bonchev–Trinajstić information content (AvgIpc) is 2.54. The molecule has 1 atom stereocenters. The van der Waals surface area contributed by atoms with Gasteiger partial charge in [-0.05, 0) is 42.9 Å². The van der Waals surface area contributed by atoms with E-state index >= 15 is 0 Å². The lowest BCUT2D eigenvalue weighted by Crippen LogP contribution is -2.33. The molecule has 0 saturated heterocycles. The predicted molar refractivity (Wildman–Crippen MR) is 104 cm³/mol. The summed E-state index contributed by atoms with van der Waals surface area (Å²) in [7, 11) is 0. The van der Waals surface area contributed by atoms with Gasteiger partial charge in [-0.15, -0.1) is 0 Å². The number of nitrogens with zero attached hydrogens (tertiary/aromatic N) is 1. The lowest BCUT2D eigenvalue weighted by molar-refractivity contribution is 0.0523. The van der Waals surface area contributed by atoms with E-state index in [-0.39, 0.29) is 29.1 Å². The van der Waals surface area contributed by atoms with Crippen LogP contribution in [0.3, 0.4) is 0 Å². The summed E-state index contributed by atoms with van der Waals surface area (Å²) in [5.41, 5.74) is 3.64. The molecule has 0 amide bonds. The fraction of sp³-hybridized carbons (Fsp3) is 0.429. The number of halogens is 1. The van der Waals surface area contributed by atoms with Gasteiger partial charge in [0.2, 0.25) is 0 Å². The summed E-state index contributed by atoms with van der Waals surface area (Å²) >= 11 is 6.34. The second kappa shape index (κ2) is 6.58. The van der Waals surface area contributed by atoms with Crippen molar-refractivity contribution in [1.82, 2.24) is 4.57 Å². The molecule has 26 heavy (non-hydrogen) atoms. The molecule has 3 rings (SSSR count). The molecule has 1 aliphatic heterocycles. The number of esters is 1. The van der Waals surface area contributed by atoms with E-state index < -0.39 is 5.97 Å². The highest BCUT2D eigenvalue weighted by atomic mass is 35.5. The molecule has 1 aromatic carbocycles. The van der Waals surface area contributed by atoms with Crippen molar-refractivity contribution >= 4 is 17.6 Å². The molecule has 0 aliphatic carbocycles. The maximum atomic E-state index is 12.6. The van der Waals surface area contributed by atoms with Crippen LogP contribution in [0.25, 0.3) is 11.3 Å². The van der Waals surface area contributed by atoms with Crippen LogP contribution in [-0.2, 0) is 11.2 Å². The average molecular weight is 374 g/mol. The van der Waals surface area contributed by atoms with Crippen LogP contribution >= 0.6 is 11.6 Å². The van der Waals surface area contributed by atoms with Crippen LogP contribution < -0.4 is 5.43 Å².